The van der Waals surface area contributed by atoms with E-state index in [4.69, 9.17) is 4.74 Å². The third-order valence-electron chi connectivity index (χ3n) is 5.20. The Morgan fingerprint density at radius 3 is 2.32 bits per heavy atom. The van der Waals surface area contributed by atoms with Crippen LogP contribution in [0.15, 0.2) is 54.6 Å². The minimum Gasteiger partial charge on any atom is -0.465 e. The number of amides is 1. The fourth-order valence-electron chi connectivity index (χ4n) is 3.67. The number of rotatable bonds is 6. The maximum absolute atomic E-state index is 13.0. The van der Waals surface area contributed by atoms with E-state index in [1.807, 2.05) is 42.2 Å². The molecular weight excluding hydrogens is 359 g/mol. The van der Waals surface area contributed by atoms with Crippen LogP contribution in [-0.2, 0) is 19.7 Å². The molecule has 148 valence electrons. The smallest absolute Gasteiger partial charge is 0.316 e. The van der Waals surface area contributed by atoms with Crippen LogP contribution >= 0.6 is 0 Å². The lowest BCUT2D eigenvalue weighted by atomic mass is 9.72. The first-order valence-corrected chi connectivity index (χ1v) is 9.54. The number of likely N-dealkylation sites (tertiary alicyclic amines) is 1. The lowest BCUT2D eigenvalue weighted by Crippen LogP contribution is -2.49. The molecule has 6 heteroatoms. The van der Waals surface area contributed by atoms with Crippen molar-refractivity contribution in [1.82, 2.24) is 4.90 Å². The summed E-state index contributed by atoms with van der Waals surface area (Å²) in [5.74, 6) is -0.697. The van der Waals surface area contributed by atoms with E-state index in [-0.39, 0.29) is 24.2 Å². The summed E-state index contributed by atoms with van der Waals surface area (Å²) in [4.78, 5) is 27.1. The zero-order valence-corrected chi connectivity index (χ0v) is 16.0. The monoisotopic (exact) mass is 384 g/mol. The Balaban J connectivity index is 1.63. The standard InChI is InChI=1S/C22H25FN2O3/c1-2-28-21(27)22(17-6-4-3-5-7-17)12-14-25(15-13-22)16-20(26)24-19-10-8-18(23)9-11-19/h3-11H,2,12-16H2,1H3,(H,24,26). The molecule has 1 fully saturated rings. The van der Waals surface area contributed by atoms with E-state index in [1.54, 1.807) is 0 Å². The van der Waals surface area contributed by atoms with Gasteiger partial charge in [0.15, 0.2) is 0 Å². The number of nitrogens with zero attached hydrogens (tertiary/aromatic N) is 1. The van der Waals surface area contributed by atoms with Gasteiger partial charge in [0.05, 0.1) is 18.6 Å². The summed E-state index contributed by atoms with van der Waals surface area (Å²) >= 11 is 0. The fraction of sp³-hybridized carbons (Fsp3) is 0.364. The molecule has 2 aromatic rings. The van der Waals surface area contributed by atoms with Crippen molar-refractivity contribution in [3.63, 3.8) is 0 Å². The van der Waals surface area contributed by atoms with Gasteiger partial charge in [0.2, 0.25) is 5.91 Å². The van der Waals surface area contributed by atoms with Gasteiger partial charge in [-0.25, -0.2) is 4.39 Å². The first kappa shape index (κ1) is 20.0. The molecule has 1 N–H and O–H groups in total. The van der Waals surface area contributed by atoms with Crippen molar-refractivity contribution in [3.8, 4) is 0 Å². The van der Waals surface area contributed by atoms with Gasteiger partial charge in [0.1, 0.15) is 5.82 Å². The van der Waals surface area contributed by atoms with Crippen molar-refractivity contribution in [3.05, 3.63) is 66.0 Å². The van der Waals surface area contributed by atoms with Crippen LogP contribution in [0.2, 0.25) is 0 Å². The van der Waals surface area contributed by atoms with Crippen molar-refractivity contribution in [2.75, 3.05) is 31.6 Å². The van der Waals surface area contributed by atoms with Crippen LogP contribution in [-0.4, -0.2) is 43.0 Å². The number of carbonyl (C=O) groups excluding carboxylic acids is 2. The molecule has 1 aliphatic rings. The lowest BCUT2D eigenvalue weighted by molar-refractivity contribution is -0.152. The fourth-order valence-corrected chi connectivity index (χ4v) is 3.67. The molecule has 0 aromatic heterocycles. The van der Waals surface area contributed by atoms with Crippen molar-refractivity contribution in [2.24, 2.45) is 0 Å². The second-order valence-corrected chi connectivity index (χ2v) is 7.00. The number of carbonyl (C=O) groups is 2. The molecule has 0 unspecified atom stereocenters. The Hall–Kier alpha value is -2.73. The van der Waals surface area contributed by atoms with E-state index < -0.39 is 5.41 Å². The molecule has 1 amide bonds. The number of anilines is 1. The Bertz CT molecular complexity index is 800. The molecule has 0 radical (unpaired) electrons. The molecule has 0 aliphatic carbocycles. The largest absolute Gasteiger partial charge is 0.465 e. The molecule has 0 saturated carbocycles. The average molecular weight is 384 g/mol. The minimum absolute atomic E-state index is 0.157. The van der Waals surface area contributed by atoms with Gasteiger partial charge in [0.25, 0.3) is 0 Å². The van der Waals surface area contributed by atoms with Crippen LogP contribution in [0, 0.1) is 5.82 Å². The van der Waals surface area contributed by atoms with Crippen LogP contribution in [0.3, 0.4) is 0 Å². The highest BCUT2D eigenvalue weighted by molar-refractivity contribution is 5.92. The molecular formula is C22H25FN2O3. The predicted molar refractivity (Wildman–Crippen MR) is 105 cm³/mol. The lowest BCUT2D eigenvalue weighted by Gasteiger charge is -2.40. The van der Waals surface area contributed by atoms with E-state index in [0.29, 0.717) is 38.2 Å². The Morgan fingerprint density at radius 1 is 1.07 bits per heavy atom. The third-order valence-corrected chi connectivity index (χ3v) is 5.20. The van der Waals surface area contributed by atoms with Crippen molar-refractivity contribution >= 4 is 17.6 Å². The average Bonchev–Trinajstić information content (AvgIpc) is 2.71. The van der Waals surface area contributed by atoms with Gasteiger partial charge in [-0.05, 0) is 49.6 Å². The Labute approximate surface area is 164 Å². The number of halogens is 1. The molecule has 0 atom stereocenters. The van der Waals surface area contributed by atoms with Crippen LogP contribution in [0.1, 0.15) is 25.3 Å². The summed E-state index contributed by atoms with van der Waals surface area (Å²) in [6.45, 7) is 3.61. The van der Waals surface area contributed by atoms with Gasteiger partial charge in [0, 0.05) is 18.8 Å². The van der Waals surface area contributed by atoms with Crippen LogP contribution < -0.4 is 5.32 Å². The molecule has 0 spiro atoms. The van der Waals surface area contributed by atoms with Crippen LogP contribution in [0.5, 0.6) is 0 Å². The van der Waals surface area contributed by atoms with E-state index in [2.05, 4.69) is 5.32 Å². The van der Waals surface area contributed by atoms with Crippen LogP contribution in [0.25, 0.3) is 0 Å². The Morgan fingerprint density at radius 2 is 1.71 bits per heavy atom. The molecule has 28 heavy (non-hydrogen) atoms. The van der Waals surface area contributed by atoms with Gasteiger partial charge in [-0.3, -0.25) is 14.5 Å². The highest BCUT2D eigenvalue weighted by Crippen LogP contribution is 2.36. The summed E-state index contributed by atoms with van der Waals surface area (Å²) < 4.78 is 18.3. The van der Waals surface area contributed by atoms with Crippen LogP contribution in [0.4, 0.5) is 10.1 Å². The summed E-state index contributed by atoms with van der Waals surface area (Å²) in [5, 5.41) is 2.77. The molecule has 0 bridgehead atoms. The zero-order chi connectivity index (χ0) is 20.0. The molecule has 1 heterocycles. The SMILES string of the molecule is CCOC(=O)C1(c2ccccc2)CCN(CC(=O)Nc2ccc(F)cc2)CC1. The molecule has 2 aromatic carbocycles. The quantitative estimate of drug-likeness (QED) is 0.776. The zero-order valence-electron chi connectivity index (χ0n) is 16.0. The van der Waals surface area contributed by atoms with Gasteiger partial charge in [-0.2, -0.15) is 0 Å². The van der Waals surface area contributed by atoms with Gasteiger partial charge in [-0.15, -0.1) is 0 Å². The second kappa shape index (κ2) is 8.97. The van der Waals surface area contributed by atoms with E-state index >= 15 is 0 Å². The number of esters is 1. The van der Waals surface area contributed by atoms with E-state index in [9.17, 15) is 14.0 Å². The first-order valence-electron chi connectivity index (χ1n) is 9.54. The number of benzene rings is 2. The molecule has 5 nitrogen and oxygen atoms in total. The topological polar surface area (TPSA) is 58.6 Å². The normalized spacial score (nSPS) is 16.4. The maximum Gasteiger partial charge on any atom is 0.316 e. The highest BCUT2D eigenvalue weighted by Gasteiger charge is 2.44. The summed E-state index contributed by atoms with van der Waals surface area (Å²) in [5.41, 5.74) is 0.860. The molecule has 1 saturated heterocycles. The highest BCUT2D eigenvalue weighted by atomic mass is 19.1. The predicted octanol–water partition coefficient (Wildman–Crippen LogP) is 3.36. The van der Waals surface area contributed by atoms with Gasteiger partial charge in [-0.1, -0.05) is 30.3 Å². The number of hydrogen-bond donors (Lipinski definition) is 1. The molecule has 1 aliphatic heterocycles. The van der Waals surface area contributed by atoms with Crippen molar-refractivity contribution < 1.29 is 18.7 Å². The summed E-state index contributed by atoms with van der Waals surface area (Å²) in [6.07, 6.45) is 1.19. The van der Waals surface area contributed by atoms with Gasteiger partial charge >= 0.3 is 5.97 Å². The Kier molecular flexibility index (Phi) is 6.41. The van der Waals surface area contributed by atoms with Crippen molar-refractivity contribution in [1.29, 1.82) is 0 Å². The maximum atomic E-state index is 13.0. The second-order valence-electron chi connectivity index (χ2n) is 7.00. The van der Waals surface area contributed by atoms with Gasteiger partial charge < -0.3 is 10.1 Å². The summed E-state index contributed by atoms with van der Waals surface area (Å²) in [7, 11) is 0. The number of ether oxygens (including phenoxy) is 1. The number of piperidine rings is 1. The number of hydrogen-bond acceptors (Lipinski definition) is 4. The van der Waals surface area contributed by atoms with Crippen molar-refractivity contribution in [2.45, 2.75) is 25.2 Å². The third kappa shape index (κ3) is 4.57. The minimum atomic E-state index is -0.665. The van der Waals surface area contributed by atoms with E-state index in [1.165, 1.54) is 24.3 Å². The van der Waals surface area contributed by atoms with E-state index in [0.717, 1.165) is 5.56 Å². The summed E-state index contributed by atoms with van der Waals surface area (Å²) in [6, 6.07) is 15.4. The first-order chi connectivity index (χ1) is 13.5. The molecule has 3 rings (SSSR count). The number of nitrogens with one attached hydrogen (secondary N) is 1.